The first-order chi connectivity index (χ1) is 24.5. The van der Waals surface area contributed by atoms with Gasteiger partial charge in [-0.05, 0) is 89.0 Å². The second kappa shape index (κ2) is 14.7. The third-order valence-electron chi connectivity index (χ3n) is 10.2. The first-order valence-corrected chi connectivity index (χ1v) is 19.7. The van der Waals surface area contributed by atoms with Crippen molar-refractivity contribution in [2.24, 2.45) is 5.92 Å². The van der Waals surface area contributed by atoms with Crippen molar-refractivity contribution in [1.29, 1.82) is 0 Å². The Balaban J connectivity index is 1.24. The molecule has 3 aliphatic heterocycles. The Bertz CT molecular complexity index is 1740. The molecule has 0 bridgehead atoms. The SMILES string of the molecule is CC(C)(C)OC(=O)N[C@H]1CCCCC/C=C/[C@@H]2C[C@@]2(C(=O)NS(=O)(=O)C2CC2)NC(=O)[C@@H]2C[C@@H](OC(=O)N3CCc4cc(F)ccc4C3)CN2C1=O. The minimum Gasteiger partial charge on any atom is -0.444 e. The highest BCUT2D eigenvalue weighted by Gasteiger charge is 2.62. The number of carbonyl (C=O) groups is 5. The van der Waals surface area contributed by atoms with Crippen LogP contribution in [-0.4, -0.2) is 95.8 Å². The highest BCUT2D eigenvalue weighted by atomic mass is 32.2. The van der Waals surface area contributed by atoms with Crippen molar-refractivity contribution < 1.29 is 46.3 Å². The average molecular weight is 746 g/mol. The monoisotopic (exact) mass is 745 g/mol. The molecule has 1 aromatic carbocycles. The van der Waals surface area contributed by atoms with Gasteiger partial charge in [0.2, 0.25) is 21.8 Å². The van der Waals surface area contributed by atoms with E-state index in [0.717, 1.165) is 24.0 Å². The van der Waals surface area contributed by atoms with Crippen molar-refractivity contribution in [3.63, 3.8) is 0 Å². The minimum atomic E-state index is -3.91. The van der Waals surface area contributed by atoms with Crippen molar-refractivity contribution in [2.45, 2.75) is 126 Å². The molecule has 6 rings (SSSR count). The highest BCUT2D eigenvalue weighted by Crippen LogP contribution is 2.46. The summed E-state index contributed by atoms with van der Waals surface area (Å²) in [5.41, 5.74) is -0.790. The topological polar surface area (TPSA) is 181 Å². The number of rotatable bonds is 5. The Kier molecular flexibility index (Phi) is 10.6. The number of carbonyl (C=O) groups excluding carboxylic acids is 5. The molecule has 284 valence electrons. The summed E-state index contributed by atoms with van der Waals surface area (Å²) in [6.07, 6.45) is 5.76. The van der Waals surface area contributed by atoms with Gasteiger partial charge in [0, 0.05) is 25.4 Å². The van der Waals surface area contributed by atoms with Crippen LogP contribution in [0.25, 0.3) is 0 Å². The van der Waals surface area contributed by atoms with Crippen molar-refractivity contribution in [3.05, 3.63) is 47.3 Å². The van der Waals surface area contributed by atoms with Crippen LogP contribution >= 0.6 is 0 Å². The molecule has 0 radical (unpaired) electrons. The van der Waals surface area contributed by atoms with E-state index in [1.165, 1.54) is 21.9 Å². The van der Waals surface area contributed by atoms with Crippen LogP contribution in [0.5, 0.6) is 0 Å². The van der Waals surface area contributed by atoms with E-state index in [-0.39, 0.29) is 44.7 Å². The summed E-state index contributed by atoms with van der Waals surface area (Å²) in [4.78, 5) is 71.2. The van der Waals surface area contributed by atoms with Crippen molar-refractivity contribution in [3.8, 4) is 0 Å². The number of nitrogens with one attached hydrogen (secondary N) is 3. The number of benzene rings is 1. The maximum absolute atomic E-state index is 14.3. The fourth-order valence-corrected chi connectivity index (χ4v) is 8.56. The zero-order chi connectivity index (χ0) is 37.4. The van der Waals surface area contributed by atoms with Crippen LogP contribution in [0.3, 0.4) is 0 Å². The number of ether oxygens (including phenoxy) is 2. The predicted molar refractivity (Wildman–Crippen MR) is 185 cm³/mol. The summed E-state index contributed by atoms with van der Waals surface area (Å²) >= 11 is 0. The number of hydrogen-bond acceptors (Lipinski definition) is 9. The molecule has 5 amide bonds. The molecule has 0 aromatic heterocycles. The molecule has 0 unspecified atom stereocenters. The largest absolute Gasteiger partial charge is 0.444 e. The second-order valence-corrected chi connectivity index (χ2v) is 17.5. The van der Waals surface area contributed by atoms with E-state index in [9.17, 15) is 36.8 Å². The zero-order valence-electron chi connectivity index (χ0n) is 29.8. The first-order valence-electron chi connectivity index (χ1n) is 18.1. The molecule has 2 saturated carbocycles. The van der Waals surface area contributed by atoms with E-state index < -0.39 is 80.4 Å². The van der Waals surface area contributed by atoms with E-state index in [1.807, 2.05) is 12.2 Å². The molecule has 1 aromatic rings. The van der Waals surface area contributed by atoms with Gasteiger partial charge in [0.1, 0.15) is 35.1 Å². The lowest BCUT2D eigenvalue weighted by atomic mass is 10.00. The minimum absolute atomic E-state index is 0.101. The van der Waals surface area contributed by atoms with Crippen molar-refractivity contribution in [2.75, 3.05) is 13.1 Å². The smallest absolute Gasteiger partial charge is 0.410 e. The van der Waals surface area contributed by atoms with E-state index in [2.05, 4.69) is 15.4 Å². The number of halogens is 1. The zero-order valence-corrected chi connectivity index (χ0v) is 30.6. The Labute approximate surface area is 303 Å². The number of fused-ring (bicyclic) bond motifs is 3. The van der Waals surface area contributed by atoms with E-state index in [4.69, 9.17) is 9.47 Å². The summed E-state index contributed by atoms with van der Waals surface area (Å²) in [5.74, 6) is -2.94. The van der Waals surface area contributed by atoms with Gasteiger partial charge in [-0.1, -0.05) is 31.1 Å². The molecule has 0 spiro atoms. The Hall–Kier alpha value is -4.21. The lowest BCUT2D eigenvalue weighted by Gasteiger charge is -2.30. The summed E-state index contributed by atoms with van der Waals surface area (Å²) in [5, 5.41) is 4.82. The van der Waals surface area contributed by atoms with E-state index in [1.54, 1.807) is 26.8 Å². The van der Waals surface area contributed by atoms with Gasteiger partial charge >= 0.3 is 12.2 Å². The molecule has 3 heterocycles. The molecule has 52 heavy (non-hydrogen) atoms. The van der Waals surface area contributed by atoms with E-state index >= 15 is 0 Å². The summed E-state index contributed by atoms with van der Waals surface area (Å²) in [7, 11) is -3.91. The number of alkyl carbamates (subject to hydrolysis) is 1. The summed E-state index contributed by atoms with van der Waals surface area (Å²) < 4.78 is 52.8. The first kappa shape index (κ1) is 37.5. The van der Waals surface area contributed by atoms with Crippen LogP contribution in [0.2, 0.25) is 0 Å². The Morgan fingerprint density at radius 1 is 1.06 bits per heavy atom. The normalized spacial score (nSPS) is 28.8. The molecule has 3 N–H and O–H groups in total. The lowest BCUT2D eigenvalue weighted by Crippen LogP contribution is -2.58. The predicted octanol–water partition coefficient (Wildman–Crippen LogP) is 3.19. The Morgan fingerprint density at radius 2 is 1.83 bits per heavy atom. The summed E-state index contributed by atoms with van der Waals surface area (Å²) in [6.45, 7) is 5.42. The third-order valence-corrected chi connectivity index (χ3v) is 12.1. The molecular weight excluding hydrogens is 697 g/mol. The molecule has 5 aliphatic rings. The van der Waals surface area contributed by atoms with Gasteiger partial charge in [-0.25, -0.2) is 22.4 Å². The van der Waals surface area contributed by atoms with Crippen LogP contribution < -0.4 is 15.4 Å². The molecule has 5 atom stereocenters. The molecule has 16 heteroatoms. The lowest BCUT2D eigenvalue weighted by molar-refractivity contribution is -0.141. The molecule has 1 saturated heterocycles. The van der Waals surface area contributed by atoms with Gasteiger partial charge in [0.25, 0.3) is 5.91 Å². The van der Waals surface area contributed by atoms with Crippen molar-refractivity contribution >= 4 is 39.9 Å². The quantitative estimate of drug-likeness (QED) is 0.382. The number of nitrogens with zero attached hydrogens (tertiary/aromatic N) is 2. The number of amides is 5. The molecule has 2 aliphatic carbocycles. The standard InChI is InChI=1S/C36H48FN5O9S/c1-35(2,3)51-33(46)38-28-10-8-6-4-5-7-9-24-19-36(24,32(45)40-52(48,49)27-13-14-27)39-30(43)29-18-26(21-42(29)31(28)44)50-34(47)41-16-15-22-17-25(37)12-11-23(22)20-41/h7,9,11-12,17,24,26-29H,4-6,8,10,13-16,18-21H2,1-3H3,(H,38,46)(H,39,43)(H,40,45)/b9-7+/t24-,26-,28+,29+,36-/m1/s1. The van der Waals surface area contributed by atoms with Gasteiger partial charge in [0.15, 0.2) is 0 Å². The third kappa shape index (κ3) is 8.69. The van der Waals surface area contributed by atoms with Crippen LogP contribution in [0, 0.1) is 11.7 Å². The van der Waals surface area contributed by atoms with Gasteiger partial charge in [-0.2, -0.15) is 0 Å². The maximum atomic E-state index is 14.3. The van der Waals surface area contributed by atoms with Crippen LogP contribution in [0.15, 0.2) is 30.4 Å². The maximum Gasteiger partial charge on any atom is 0.410 e. The van der Waals surface area contributed by atoms with E-state index in [0.29, 0.717) is 32.1 Å². The van der Waals surface area contributed by atoms with Crippen LogP contribution in [-0.2, 0) is 46.8 Å². The average Bonchev–Trinajstić information content (AvgIpc) is 3.99. The number of allylic oxidation sites excluding steroid dienone is 1. The Morgan fingerprint density at radius 3 is 2.56 bits per heavy atom. The van der Waals surface area contributed by atoms with Crippen LogP contribution in [0.1, 0.15) is 89.7 Å². The van der Waals surface area contributed by atoms with Gasteiger partial charge in [0.05, 0.1) is 11.8 Å². The number of sulfonamides is 1. The van der Waals surface area contributed by atoms with Gasteiger partial charge < -0.3 is 29.9 Å². The van der Waals surface area contributed by atoms with Gasteiger partial charge in [-0.3, -0.25) is 19.1 Å². The fourth-order valence-electron chi connectivity index (χ4n) is 7.19. The molecular formula is C36H48FN5O9S. The second-order valence-electron chi connectivity index (χ2n) is 15.5. The van der Waals surface area contributed by atoms with Crippen LogP contribution in [0.4, 0.5) is 14.0 Å². The van der Waals surface area contributed by atoms with Crippen molar-refractivity contribution in [1.82, 2.24) is 25.2 Å². The molecule has 14 nitrogen and oxygen atoms in total. The highest BCUT2D eigenvalue weighted by molar-refractivity contribution is 7.91. The summed E-state index contributed by atoms with van der Waals surface area (Å²) in [6, 6.07) is 2.13. The fraction of sp³-hybridized carbons (Fsp3) is 0.639. The molecule has 3 fully saturated rings. The number of hydrogen-bond donors (Lipinski definition) is 3. The van der Waals surface area contributed by atoms with Gasteiger partial charge in [-0.15, -0.1) is 0 Å².